The highest BCUT2D eigenvalue weighted by Crippen LogP contribution is 2.34. The third-order valence-corrected chi connectivity index (χ3v) is 5.30. The molecule has 0 aliphatic heterocycles. The fourth-order valence-electron chi connectivity index (χ4n) is 3.55. The zero-order chi connectivity index (χ0) is 26.0. The van der Waals surface area contributed by atoms with Crippen molar-refractivity contribution in [3.8, 4) is 11.6 Å². The van der Waals surface area contributed by atoms with Gasteiger partial charge in [-0.25, -0.2) is 19.2 Å². The highest BCUT2D eigenvalue weighted by molar-refractivity contribution is 5.98. The second-order valence-electron chi connectivity index (χ2n) is 8.47. The van der Waals surface area contributed by atoms with Crippen LogP contribution in [0.1, 0.15) is 30.7 Å². The molecule has 2 N–H and O–H groups in total. The number of nitrogens with zero attached hydrogens (tertiary/aromatic N) is 3. The minimum Gasteiger partial charge on any atom is -0.439 e. The Balaban J connectivity index is 1.52. The molecule has 0 saturated carbocycles. The fraction of sp³-hybridized carbons (Fsp3) is 0.240. The van der Waals surface area contributed by atoms with E-state index in [-0.39, 0.29) is 11.3 Å². The van der Waals surface area contributed by atoms with Gasteiger partial charge in [0.15, 0.2) is 0 Å². The number of carbonyl (C=O) groups is 1. The Morgan fingerprint density at radius 3 is 2.61 bits per heavy atom. The number of ether oxygens (including phenoxy) is 1. The SMILES string of the molecule is Cc1cc(NC(=O)n2ccc3cc(Oc4cc(CNC(C)C)ncn4)ccc32)cc(C(F)(F)F)c1F. The van der Waals surface area contributed by atoms with Crippen LogP contribution in [0, 0.1) is 12.7 Å². The number of fused-ring (bicyclic) bond motifs is 1. The van der Waals surface area contributed by atoms with E-state index in [4.69, 9.17) is 4.74 Å². The summed E-state index contributed by atoms with van der Waals surface area (Å²) in [5.74, 6) is -0.535. The van der Waals surface area contributed by atoms with Gasteiger partial charge in [0.05, 0.1) is 16.8 Å². The Morgan fingerprint density at radius 2 is 1.89 bits per heavy atom. The molecular weight excluding hydrogens is 478 g/mol. The average molecular weight is 501 g/mol. The van der Waals surface area contributed by atoms with Crippen molar-refractivity contribution < 1.29 is 27.1 Å². The van der Waals surface area contributed by atoms with Gasteiger partial charge in [-0.05, 0) is 48.9 Å². The van der Waals surface area contributed by atoms with Crippen LogP contribution in [-0.2, 0) is 12.7 Å². The lowest BCUT2D eigenvalue weighted by Gasteiger charge is -2.14. The van der Waals surface area contributed by atoms with Crippen LogP contribution < -0.4 is 15.4 Å². The average Bonchev–Trinajstić information content (AvgIpc) is 3.23. The molecule has 4 rings (SSSR count). The molecule has 36 heavy (non-hydrogen) atoms. The Labute approximate surface area is 204 Å². The molecule has 0 spiro atoms. The van der Waals surface area contributed by atoms with Crippen molar-refractivity contribution in [3.05, 3.63) is 77.6 Å². The van der Waals surface area contributed by atoms with Gasteiger partial charge in [0, 0.05) is 35.9 Å². The van der Waals surface area contributed by atoms with E-state index in [0.29, 0.717) is 41.2 Å². The number of rotatable bonds is 6. The number of carbonyl (C=O) groups excluding carboxylic acids is 1. The van der Waals surface area contributed by atoms with E-state index in [2.05, 4.69) is 20.6 Å². The first-order chi connectivity index (χ1) is 17.0. The van der Waals surface area contributed by atoms with Gasteiger partial charge < -0.3 is 15.4 Å². The molecule has 0 aliphatic carbocycles. The summed E-state index contributed by atoms with van der Waals surface area (Å²) < 4.78 is 60.4. The number of anilines is 1. The first-order valence-corrected chi connectivity index (χ1v) is 11.0. The van der Waals surface area contributed by atoms with Crippen LogP contribution in [0.3, 0.4) is 0 Å². The summed E-state index contributed by atoms with van der Waals surface area (Å²) in [4.78, 5) is 21.1. The first kappa shape index (κ1) is 25.1. The second kappa shape index (κ2) is 9.94. The molecule has 11 heteroatoms. The zero-order valence-electron chi connectivity index (χ0n) is 19.7. The van der Waals surface area contributed by atoms with E-state index >= 15 is 0 Å². The number of aryl methyl sites for hydroxylation is 1. The van der Waals surface area contributed by atoms with Gasteiger partial charge in [-0.3, -0.25) is 4.57 Å². The maximum atomic E-state index is 13.9. The van der Waals surface area contributed by atoms with Crippen molar-refractivity contribution in [2.75, 3.05) is 5.32 Å². The molecule has 1 amide bonds. The number of halogens is 4. The summed E-state index contributed by atoms with van der Waals surface area (Å²) in [7, 11) is 0. The third kappa shape index (κ3) is 5.62. The molecule has 0 bridgehead atoms. The summed E-state index contributed by atoms with van der Waals surface area (Å²) in [5.41, 5.74) is -0.571. The molecule has 0 unspecified atom stereocenters. The van der Waals surface area contributed by atoms with E-state index < -0.39 is 23.6 Å². The Bertz CT molecular complexity index is 1420. The van der Waals surface area contributed by atoms with E-state index in [1.54, 1.807) is 30.3 Å². The number of hydrogen-bond acceptors (Lipinski definition) is 5. The van der Waals surface area contributed by atoms with E-state index in [0.717, 1.165) is 11.8 Å². The van der Waals surface area contributed by atoms with Crippen molar-refractivity contribution in [2.24, 2.45) is 0 Å². The van der Waals surface area contributed by atoms with Gasteiger partial charge in [-0.2, -0.15) is 13.2 Å². The first-order valence-electron chi connectivity index (χ1n) is 11.0. The van der Waals surface area contributed by atoms with E-state index in [1.807, 2.05) is 13.8 Å². The number of amides is 1. The molecule has 0 fully saturated rings. The lowest BCUT2D eigenvalue weighted by molar-refractivity contribution is -0.140. The van der Waals surface area contributed by atoms with E-state index in [1.165, 1.54) is 24.0 Å². The fourth-order valence-corrected chi connectivity index (χ4v) is 3.55. The molecule has 7 nitrogen and oxygen atoms in total. The standard InChI is InChI=1S/C25H23F4N5O2/c1-14(2)30-12-18-11-22(32-13-31-18)36-19-4-5-21-16(9-19)6-7-34(21)24(35)33-17-8-15(3)23(26)20(10-17)25(27,28)29/h4-11,13-14,30H,12H2,1-3H3,(H,33,35). The number of alkyl halides is 3. The highest BCUT2D eigenvalue weighted by atomic mass is 19.4. The van der Waals surface area contributed by atoms with Crippen LogP contribution in [0.4, 0.5) is 28.0 Å². The Hall–Kier alpha value is -3.99. The van der Waals surface area contributed by atoms with Crippen LogP contribution in [0.25, 0.3) is 10.9 Å². The summed E-state index contributed by atoms with van der Waals surface area (Å²) >= 11 is 0. The molecule has 0 radical (unpaired) electrons. The molecule has 0 aliphatic rings. The number of hydrogen-bond donors (Lipinski definition) is 2. The van der Waals surface area contributed by atoms with Crippen molar-refractivity contribution in [3.63, 3.8) is 0 Å². The molecule has 0 atom stereocenters. The summed E-state index contributed by atoms with van der Waals surface area (Å²) in [5, 5.41) is 6.32. The van der Waals surface area contributed by atoms with E-state index in [9.17, 15) is 22.4 Å². The van der Waals surface area contributed by atoms with Gasteiger partial charge >= 0.3 is 12.2 Å². The molecule has 188 valence electrons. The highest BCUT2D eigenvalue weighted by Gasteiger charge is 2.35. The topological polar surface area (TPSA) is 81.1 Å². The monoisotopic (exact) mass is 501 g/mol. The molecule has 2 aromatic carbocycles. The van der Waals surface area contributed by atoms with Crippen molar-refractivity contribution >= 4 is 22.6 Å². The van der Waals surface area contributed by atoms with Gasteiger partial charge in [0.25, 0.3) is 0 Å². The summed E-state index contributed by atoms with van der Waals surface area (Å²) in [6, 6.07) is 9.69. The van der Waals surface area contributed by atoms with Crippen LogP contribution >= 0.6 is 0 Å². The predicted octanol–water partition coefficient (Wildman–Crippen LogP) is 6.27. The van der Waals surface area contributed by atoms with Crippen molar-refractivity contribution in [2.45, 2.75) is 39.5 Å². The lowest BCUT2D eigenvalue weighted by atomic mass is 10.1. The molecule has 2 aromatic heterocycles. The molecule has 4 aromatic rings. The maximum absolute atomic E-state index is 13.9. The lowest BCUT2D eigenvalue weighted by Crippen LogP contribution is -2.22. The molecular formula is C25H23F4N5O2. The third-order valence-electron chi connectivity index (χ3n) is 5.30. The molecule has 0 saturated heterocycles. The largest absolute Gasteiger partial charge is 0.439 e. The van der Waals surface area contributed by atoms with Gasteiger partial charge in [0.1, 0.15) is 17.9 Å². The summed E-state index contributed by atoms with van der Waals surface area (Å²) in [6.07, 6.45) is -2.00. The van der Waals surface area contributed by atoms with Gasteiger partial charge in [-0.1, -0.05) is 13.8 Å². The van der Waals surface area contributed by atoms with Crippen LogP contribution in [0.5, 0.6) is 11.6 Å². The quantitative estimate of drug-likeness (QED) is 0.305. The minimum atomic E-state index is -4.89. The molecule has 2 heterocycles. The number of nitrogens with one attached hydrogen (secondary N) is 2. The number of aromatic nitrogens is 3. The van der Waals surface area contributed by atoms with Gasteiger partial charge in [-0.15, -0.1) is 0 Å². The Kier molecular flexibility index (Phi) is 6.93. The minimum absolute atomic E-state index is 0.167. The summed E-state index contributed by atoms with van der Waals surface area (Å²) in [6.45, 7) is 5.82. The van der Waals surface area contributed by atoms with Crippen LogP contribution in [-0.4, -0.2) is 26.6 Å². The Morgan fingerprint density at radius 1 is 1.11 bits per heavy atom. The predicted molar refractivity (Wildman–Crippen MR) is 127 cm³/mol. The van der Waals surface area contributed by atoms with Crippen LogP contribution in [0.15, 0.2) is 55.0 Å². The normalized spacial score (nSPS) is 11.8. The maximum Gasteiger partial charge on any atom is 0.419 e. The van der Waals surface area contributed by atoms with Gasteiger partial charge in [0.2, 0.25) is 5.88 Å². The zero-order valence-corrected chi connectivity index (χ0v) is 19.7. The van der Waals surface area contributed by atoms with Crippen molar-refractivity contribution in [1.82, 2.24) is 19.9 Å². The second-order valence-corrected chi connectivity index (χ2v) is 8.47. The van der Waals surface area contributed by atoms with Crippen LogP contribution in [0.2, 0.25) is 0 Å². The smallest absolute Gasteiger partial charge is 0.419 e. The number of benzene rings is 2. The van der Waals surface area contributed by atoms with Crippen molar-refractivity contribution in [1.29, 1.82) is 0 Å².